The van der Waals surface area contributed by atoms with Gasteiger partial charge >= 0.3 is 0 Å². The molecule has 0 aliphatic carbocycles. The predicted molar refractivity (Wildman–Crippen MR) is 77.5 cm³/mol. The number of likely N-dealkylation sites (tertiary alicyclic amines) is 1. The van der Waals surface area contributed by atoms with E-state index in [-0.39, 0.29) is 4.90 Å². The van der Waals surface area contributed by atoms with Gasteiger partial charge in [0.15, 0.2) is 0 Å². The molecular weight excluding hydrogens is 276 g/mol. The van der Waals surface area contributed by atoms with Gasteiger partial charge in [0, 0.05) is 25.8 Å². The van der Waals surface area contributed by atoms with Crippen LogP contribution in [0.5, 0.6) is 0 Å². The maximum atomic E-state index is 12.2. The summed E-state index contributed by atoms with van der Waals surface area (Å²) in [6, 6.07) is 3.19. The molecule has 0 amide bonds. The van der Waals surface area contributed by atoms with Crippen LogP contribution in [0.15, 0.2) is 23.2 Å². The summed E-state index contributed by atoms with van der Waals surface area (Å²) in [4.78, 5) is 6.45. The highest BCUT2D eigenvalue weighted by Gasteiger charge is 2.20. The fraction of sp³-hybridized carbons (Fsp3) is 0.615. The Balaban J connectivity index is 1.96. The van der Waals surface area contributed by atoms with E-state index in [1.807, 2.05) is 0 Å². The van der Waals surface area contributed by atoms with Crippen LogP contribution in [0.4, 0.5) is 0 Å². The minimum absolute atomic E-state index is 0.193. The molecule has 0 aromatic carbocycles. The van der Waals surface area contributed by atoms with Crippen LogP contribution < -0.4 is 10.5 Å². The first kappa shape index (κ1) is 15.4. The summed E-state index contributed by atoms with van der Waals surface area (Å²) >= 11 is 0. The second kappa shape index (κ2) is 6.62. The van der Waals surface area contributed by atoms with Gasteiger partial charge in [-0.3, -0.25) is 4.98 Å². The van der Waals surface area contributed by atoms with E-state index in [0.717, 1.165) is 25.9 Å². The highest BCUT2D eigenvalue weighted by molar-refractivity contribution is 7.89. The Bertz CT molecular complexity index is 530. The molecule has 0 bridgehead atoms. The summed E-state index contributed by atoms with van der Waals surface area (Å²) < 4.78 is 27.0. The molecule has 112 valence electrons. The number of sulfonamides is 1. The van der Waals surface area contributed by atoms with Crippen LogP contribution in [0.1, 0.15) is 18.5 Å². The lowest BCUT2D eigenvalue weighted by atomic mass is 9.99. The topological polar surface area (TPSA) is 88.3 Å². The van der Waals surface area contributed by atoms with E-state index in [0.29, 0.717) is 24.7 Å². The highest BCUT2D eigenvalue weighted by Crippen LogP contribution is 2.15. The Kier molecular flexibility index (Phi) is 5.09. The first-order valence-corrected chi connectivity index (χ1v) is 8.33. The molecule has 1 saturated heterocycles. The molecule has 20 heavy (non-hydrogen) atoms. The van der Waals surface area contributed by atoms with Gasteiger partial charge in [0.25, 0.3) is 0 Å². The van der Waals surface area contributed by atoms with E-state index in [1.54, 1.807) is 12.1 Å². The molecule has 7 heteroatoms. The predicted octanol–water partition coefficient (Wildman–Crippen LogP) is 0.160. The van der Waals surface area contributed by atoms with Crippen molar-refractivity contribution in [2.75, 3.05) is 26.7 Å². The maximum absolute atomic E-state index is 12.2. The molecule has 1 aliphatic heterocycles. The summed E-state index contributed by atoms with van der Waals surface area (Å²) in [5, 5.41) is 0. The Morgan fingerprint density at radius 2 is 2.30 bits per heavy atom. The van der Waals surface area contributed by atoms with Crippen LogP contribution in [0.25, 0.3) is 0 Å². The fourth-order valence-electron chi connectivity index (χ4n) is 2.44. The number of nitrogens with one attached hydrogen (secondary N) is 1. The Hall–Kier alpha value is -1.02. The highest BCUT2D eigenvalue weighted by atomic mass is 32.2. The summed E-state index contributed by atoms with van der Waals surface area (Å²) in [7, 11) is -1.41. The van der Waals surface area contributed by atoms with E-state index in [9.17, 15) is 8.42 Å². The zero-order chi connectivity index (χ0) is 14.6. The molecule has 3 N–H and O–H groups in total. The molecular formula is C13H22N4O2S. The molecule has 2 heterocycles. The SMILES string of the molecule is CN1CCCC(CNS(=O)(=O)c2ccc(CN)nc2)C1. The van der Waals surface area contributed by atoms with Gasteiger partial charge < -0.3 is 10.6 Å². The third-order valence-corrected chi connectivity index (χ3v) is 5.01. The maximum Gasteiger partial charge on any atom is 0.242 e. The van der Waals surface area contributed by atoms with Crippen LogP contribution in [-0.2, 0) is 16.6 Å². The molecule has 1 atom stereocenters. The lowest BCUT2D eigenvalue weighted by molar-refractivity contribution is 0.211. The lowest BCUT2D eigenvalue weighted by Gasteiger charge is -2.29. The monoisotopic (exact) mass is 298 g/mol. The molecule has 6 nitrogen and oxygen atoms in total. The molecule has 1 unspecified atom stereocenters. The van der Waals surface area contributed by atoms with Gasteiger partial charge in [0.1, 0.15) is 4.90 Å². The van der Waals surface area contributed by atoms with Gasteiger partial charge in [-0.2, -0.15) is 0 Å². The summed E-state index contributed by atoms with van der Waals surface area (Å²) in [5.74, 6) is 0.375. The number of nitrogens with two attached hydrogens (primary N) is 1. The summed E-state index contributed by atoms with van der Waals surface area (Å²) in [6.45, 7) is 2.81. The van der Waals surface area contributed by atoms with E-state index >= 15 is 0 Å². The van der Waals surface area contributed by atoms with E-state index in [4.69, 9.17) is 5.73 Å². The van der Waals surface area contributed by atoms with Crippen molar-refractivity contribution in [3.05, 3.63) is 24.0 Å². The van der Waals surface area contributed by atoms with Crippen LogP contribution in [0.2, 0.25) is 0 Å². The standard InChI is InChI=1S/C13H22N4O2S/c1-17-6-2-3-11(10-17)8-16-20(18,19)13-5-4-12(7-14)15-9-13/h4-5,9,11,16H,2-3,6-8,10,14H2,1H3. The molecule has 0 radical (unpaired) electrons. The Morgan fingerprint density at radius 3 is 2.90 bits per heavy atom. The van der Waals surface area contributed by atoms with Crippen LogP contribution in [-0.4, -0.2) is 45.0 Å². The van der Waals surface area contributed by atoms with E-state index < -0.39 is 10.0 Å². The van der Waals surface area contributed by atoms with E-state index in [2.05, 4.69) is 21.7 Å². The van der Waals surface area contributed by atoms with Crippen molar-refractivity contribution in [2.24, 2.45) is 11.7 Å². The number of aromatic nitrogens is 1. The smallest absolute Gasteiger partial charge is 0.242 e. The van der Waals surface area contributed by atoms with Gasteiger partial charge in [-0.15, -0.1) is 0 Å². The molecule has 1 aromatic rings. The third kappa shape index (κ3) is 3.99. The van der Waals surface area contributed by atoms with Gasteiger partial charge in [-0.25, -0.2) is 13.1 Å². The van der Waals surface area contributed by atoms with Gasteiger partial charge in [0.2, 0.25) is 10.0 Å². The zero-order valence-electron chi connectivity index (χ0n) is 11.7. The van der Waals surface area contributed by atoms with Crippen LogP contribution >= 0.6 is 0 Å². The van der Waals surface area contributed by atoms with Crippen molar-refractivity contribution in [1.82, 2.24) is 14.6 Å². The molecule has 2 rings (SSSR count). The average molecular weight is 298 g/mol. The second-order valence-electron chi connectivity index (χ2n) is 5.31. The normalized spacial score (nSPS) is 21.0. The number of hydrogen-bond acceptors (Lipinski definition) is 5. The summed E-state index contributed by atoms with van der Waals surface area (Å²) in [5.41, 5.74) is 6.12. The second-order valence-corrected chi connectivity index (χ2v) is 7.08. The minimum atomic E-state index is -3.47. The Labute approximate surface area is 120 Å². The molecule has 1 fully saturated rings. The molecule has 0 saturated carbocycles. The first-order valence-electron chi connectivity index (χ1n) is 6.84. The van der Waals surface area contributed by atoms with Crippen molar-refractivity contribution in [2.45, 2.75) is 24.3 Å². The van der Waals surface area contributed by atoms with Gasteiger partial charge in [-0.1, -0.05) is 0 Å². The zero-order valence-corrected chi connectivity index (χ0v) is 12.6. The van der Waals surface area contributed by atoms with Crippen LogP contribution in [0.3, 0.4) is 0 Å². The molecule has 1 aromatic heterocycles. The number of nitrogens with zero attached hydrogens (tertiary/aromatic N) is 2. The average Bonchev–Trinajstić information content (AvgIpc) is 2.45. The van der Waals surface area contributed by atoms with Crippen molar-refractivity contribution >= 4 is 10.0 Å². The lowest BCUT2D eigenvalue weighted by Crippen LogP contribution is -2.39. The Morgan fingerprint density at radius 1 is 1.50 bits per heavy atom. The largest absolute Gasteiger partial charge is 0.325 e. The third-order valence-electron chi connectivity index (χ3n) is 3.60. The van der Waals surface area contributed by atoms with Crippen LogP contribution in [0, 0.1) is 5.92 Å². The quantitative estimate of drug-likeness (QED) is 0.808. The number of pyridine rings is 1. The molecule has 1 aliphatic rings. The summed E-state index contributed by atoms with van der Waals surface area (Å²) in [6.07, 6.45) is 3.55. The van der Waals surface area contributed by atoms with Gasteiger partial charge in [-0.05, 0) is 44.5 Å². The number of hydrogen-bond donors (Lipinski definition) is 2. The fourth-order valence-corrected chi connectivity index (χ4v) is 3.50. The first-order chi connectivity index (χ1) is 9.51. The van der Waals surface area contributed by atoms with E-state index in [1.165, 1.54) is 6.20 Å². The van der Waals surface area contributed by atoms with Crippen molar-refractivity contribution in [3.63, 3.8) is 0 Å². The van der Waals surface area contributed by atoms with Crippen molar-refractivity contribution in [3.8, 4) is 0 Å². The number of piperidine rings is 1. The number of rotatable bonds is 5. The van der Waals surface area contributed by atoms with Crippen molar-refractivity contribution in [1.29, 1.82) is 0 Å². The van der Waals surface area contributed by atoms with Gasteiger partial charge in [0.05, 0.1) is 5.69 Å². The molecule has 0 spiro atoms. The minimum Gasteiger partial charge on any atom is -0.325 e. The van der Waals surface area contributed by atoms with Crippen molar-refractivity contribution < 1.29 is 8.42 Å².